The van der Waals surface area contributed by atoms with Crippen LogP contribution in [0.15, 0.2) is 35.6 Å². The molecule has 0 spiro atoms. The number of fused-ring (bicyclic) bond motifs is 3. The Hall–Kier alpha value is -1.95. The summed E-state index contributed by atoms with van der Waals surface area (Å²) in [6.45, 7) is 2.92. The normalized spacial score (nSPS) is 26.5. The largest absolute Gasteiger partial charge is 0.493 e. The van der Waals surface area contributed by atoms with Gasteiger partial charge < -0.3 is 10.5 Å². The Morgan fingerprint density at radius 3 is 3.04 bits per heavy atom. The average Bonchev–Trinajstić information content (AvgIpc) is 2.90. The summed E-state index contributed by atoms with van der Waals surface area (Å²) < 4.78 is 7.81. The molecule has 0 fully saturated rings. The van der Waals surface area contributed by atoms with Gasteiger partial charge in [0.15, 0.2) is 5.17 Å². The van der Waals surface area contributed by atoms with Crippen molar-refractivity contribution < 1.29 is 4.74 Å². The molecule has 0 saturated carbocycles. The molecule has 3 heterocycles. The molecule has 2 aliphatic heterocycles. The number of amidine groups is 1. The van der Waals surface area contributed by atoms with E-state index >= 15 is 0 Å². The van der Waals surface area contributed by atoms with Crippen molar-refractivity contribution in [1.82, 2.24) is 9.78 Å². The smallest absolute Gasteiger partial charge is 0.154 e. The first-order chi connectivity index (χ1) is 11.1. The van der Waals surface area contributed by atoms with Crippen LogP contribution in [-0.4, -0.2) is 27.3 Å². The summed E-state index contributed by atoms with van der Waals surface area (Å²) in [5, 5.41) is 4.94. The predicted octanol–water partition coefficient (Wildman–Crippen LogP) is 2.76. The Bertz CT molecular complexity index is 785. The average molecular weight is 328 g/mol. The highest BCUT2D eigenvalue weighted by Crippen LogP contribution is 2.47. The second-order valence-electron chi connectivity index (χ2n) is 6.36. The summed E-state index contributed by atoms with van der Waals surface area (Å²) in [4.78, 5) is 4.83. The minimum Gasteiger partial charge on any atom is -0.493 e. The van der Waals surface area contributed by atoms with Crippen LogP contribution in [0.4, 0.5) is 0 Å². The predicted molar refractivity (Wildman–Crippen MR) is 93.7 cm³/mol. The molecule has 6 heteroatoms. The van der Waals surface area contributed by atoms with Crippen LogP contribution in [0.25, 0.3) is 11.1 Å². The van der Waals surface area contributed by atoms with Crippen LogP contribution in [0, 0.1) is 5.92 Å². The van der Waals surface area contributed by atoms with E-state index in [-0.39, 0.29) is 5.54 Å². The Morgan fingerprint density at radius 2 is 2.26 bits per heavy atom. The van der Waals surface area contributed by atoms with Gasteiger partial charge in [0.25, 0.3) is 0 Å². The Balaban J connectivity index is 1.88. The van der Waals surface area contributed by atoms with E-state index in [1.165, 1.54) is 0 Å². The van der Waals surface area contributed by atoms with E-state index in [1.807, 2.05) is 24.1 Å². The molecule has 5 nitrogen and oxygen atoms in total. The van der Waals surface area contributed by atoms with Gasteiger partial charge >= 0.3 is 0 Å². The molecule has 2 aliphatic rings. The van der Waals surface area contributed by atoms with Crippen LogP contribution in [0.5, 0.6) is 5.75 Å². The first-order valence-corrected chi connectivity index (χ1v) is 8.79. The third-order valence-corrected chi connectivity index (χ3v) is 5.81. The van der Waals surface area contributed by atoms with Gasteiger partial charge in [-0.2, -0.15) is 5.10 Å². The van der Waals surface area contributed by atoms with Crippen molar-refractivity contribution in [1.29, 1.82) is 0 Å². The highest BCUT2D eigenvalue weighted by molar-refractivity contribution is 8.13. The fraction of sp³-hybridized carbons (Fsp3) is 0.412. The number of aryl methyl sites for hydroxylation is 1. The minimum atomic E-state index is -0.320. The van der Waals surface area contributed by atoms with Crippen LogP contribution in [0.1, 0.15) is 18.9 Å². The molecular weight excluding hydrogens is 308 g/mol. The van der Waals surface area contributed by atoms with Gasteiger partial charge in [0.05, 0.1) is 18.3 Å². The summed E-state index contributed by atoms with van der Waals surface area (Å²) in [5.41, 5.74) is 9.09. The van der Waals surface area contributed by atoms with Crippen molar-refractivity contribution >= 4 is 16.9 Å². The summed E-state index contributed by atoms with van der Waals surface area (Å²) in [6, 6.07) is 6.33. The molecule has 120 valence electrons. The number of aliphatic imine (C=N–C) groups is 1. The van der Waals surface area contributed by atoms with Crippen LogP contribution in [0.3, 0.4) is 0 Å². The zero-order valence-electron chi connectivity index (χ0n) is 13.3. The maximum Gasteiger partial charge on any atom is 0.154 e. The number of benzene rings is 1. The van der Waals surface area contributed by atoms with Gasteiger partial charge in [0, 0.05) is 36.0 Å². The quantitative estimate of drug-likeness (QED) is 0.874. The molecule has 2 aromatic rings. The molecule has 0 radical (unpaired) electrons. The van der Waals surface area contributed by atoms with E-state index in [0.717, 1.165) is 41.2 Å². The van der Waals surface area contributed by atoms with Gasteiger partial charge in [-0.05, 0) is 31.0 Å². The van der Waals surface area contributed by atoms with Crippen molar-refractivity contribution in [2.75, 3.05) is 12.4 Å². The lowest BCUT2D eigenvalue weighted by Gasteiger charge is -2.36. The van der Waals surface area contributed by atoms with E-state index in [4.69, 9.17) is 15.5 Å². The van der Waals surface area contributed by atoms with Crippen LogP contribution < -0.4 is 10.5 Å². The number of ether oxygens (including phenoxy) is 1. The number of nitrogens with two attached hydrogens (primary N) is 1. The summed E-state index contributed by atoms with van der Waals surface area (Å²) in [5.74, 6) is 2.35. The first kappa shape index (κ1) is 14.6. The molecule has 2 N–H and O–H groups in total. The van der Waals surface area contributed by atoms with E-state index in [9.17, 15) is 0 Å². The Morgan fingerprint density at radius 1 is 1.39 bits per heavy atom. The topological polar surface area (TPSA) is 65.4 Å². The number of aromatic nitrogens is 2. The van der Waals surface area contributed by atoms with E-state index < -0.39 is 0 Å². The zero-order valence-corrected chi connectivity index (χ0v) is 14.1. The summed E-state index contributed by atoms with van der Waals surface area (Å²) >= 11 is 1.65. The summed E-state index contributed by atoms with van der Waals surface area (Å²) in [7, 11) is 1.93. The number of thioether (sulfide) groups is 1. The van der Waals surface area contributed by atoms with Crippen LogP contribution >= 0.6 is 11.8 Å². The minimum absolute atomic E-state index is 0.320. The highest BCUT2D eigenvalue weighted by Gasteiger charge is 2.42. The standard InChI is InChI=1S/C17H20N4OS/c1-17-13(10-23-16(18)20-17)5-6-22-15-4-3-11(7-14(15)17)12-8-19-21(2)9-12/h3-4,7-9,13H,5-6,10H2,1-2H3,(H2,18,20). The van der Waals surface area contributed by atoms with Gasteiger partial charge in [-0.1, -0.05) is 17.8 Å². The molecule has 2 unspecified atom stereocenters. The number of rotatable bonds is 1. The molecule has 4 rings (SSSR count). The molecule has 0 bridgehead atoms. The maximum atomic E-state index is 6.05. The van der Waals surface area contributed by atoms with Crippen molar-refractivity contribution in [3.05, 3.63) is 36.2 Å². The van der Waals surface area contributed by atoms with Crippen molar-refractivity contribution in [3.63, 3.8) is 0 Å². The first-order valence-electron chi connectivity index (χ1n) is 7.81. The SMILES string of the molecule is Cn1cc(-c2ccc3c(c2)C2(C)N=C(N)SCC2CCO3)cn1. The molecule has 2 atom stereocenters. The monoisotopic (exact) mass is 328 g/mol. The fourth-order valence-corrected chi connectivity index (χ4v) is 4.57. The molecule has 1 aromatic carbocycles. The van der Waals surface area contributed by atoms with E-state index in [2.05, 4.69) is 30.2 Å². The Labute approximate surface area is 139 Å². The lowest BCUT2D eigenvalue weighted by atomic mass is 9.78. The van der Waals surface area contributed by atoms with Gasteiger partial charge in [0.1, 0.15) is 5.75 Å². The molecule has 23 heavy (non-hydrogen) atoms. The number of hydrogen-bond donors (Lipinski definition) is 1. The van der Waals surface area contributed by atoms with Gasteiger partial charge in [-0.3, -0.25) is 9.67 Å². The second kappa shape index (κ2) is 5.30. The highest BCUT2D eigenvalue weighted by atomic mass is 32.2. The van der Waals surface area contributed by atoms with Crippen LogP contribution in [-0.2, 0) is 12.6 Å². The van der Waals surface area contributed by atoms with Crippen molar-refractivity contribution in [3.8, 4) is 16.9 Å². The number of nitrogens with zero attached hydrogens (tertiary/aromatic N) is 3. The van der Waals surface area contributed by atoms with Crippen molar-refractivity contribution in [2.45, 2.75) is 18.9 Å². The third-order valence-electron chi connectivity index (χ3n) is 4.86. The van der Waals surface area contributed by atoms with Gasteiger partial charge in [-0.15, -0.1) is 0 Å². The summed E-state index contributed by atoms with van der Waals surface area (Å²) in [6.07, 6.45) is 4.90. The second-order valence-corrected chi connectivity index (χ2v) is 7.40. The maximum absolute atomic E-state index is 6.05. The van der Waals surface area contributed by atoms with E-state index in [0.29, 0.717) is 11.1 Å². The number of hydrogen-bond acceptors (Lipinski definition) is 5. The molecule has 1 aromatic heterocycles. The molecule has 0 amide bonds. The lowest BCUT2D eigenvalue weighted by Crippen LogP contribution is -2.37. The van der Waals surface area contributed by atoms with Gasteiger partial charge in [0.2, 0.25) is 0 Å². The molecule has 0 saturated heterocycles. The molecular formula is C17H20N4OS. The van der Waals surface area contributed by atoms with Crippen molar-refractivity contribution in [2.24, 2.45) is 23.7 Å². The fourth-order valence-electron chi connectivity index (χ4n) is 3.46. The van der Waals surface area contributed by atoms with E-state index in [1.54, 1.807) is 11.8 Å². The third kappa shape index (κ3) is 2.41. The van der Waals surface area contributed by atoms with Gasteiger partial charge in [-0.25, -0.2) is 0 Å². The molecule has 0 aliphatic carbocycles. The zero-order chi connectivity index (χ0) is 16.0. The lowest BCUT2D eigenvalue weighted by molar-refractivity contribution is 0.271. The Kier molecular flexibility index (Phi) is 3.37. The van der Waals surface area contributed by atoms with Crippen LogP contribution in [0.2, 0.25) is 0 Å².